The number of piperidine rings is 1. The van der Waals surface area contributed by atoms with Gasteiger partial charge < -0.3 is 25.1 Å². The van der Waals surface area contributed by atoms with Gasteiger partial charge in [0.05, 0.1) is 19.7 Å². The molecule has 36 heavy (non-hydrogen) atoms. The lowest BCUT2D eigenvalue weighted by Crippen LogP contribution is -2.42. The molecule has 0 aliphatic carbocycles. The van der Waals surface area contributed by atoms with Crippen LogP contribution in [-0.2, 0) is 11.0 Å². The lowest BCUT2D eigenvalue weighted by molar-refractivity contribution is -0.141. The summed E-state index contributed by atoms with van der Waals surface area (Å²) in [5.41, 5.74) is 5.08. The summed E-state index contributed by atoms with van der Waals surface area (Å²) in [6, 6.07) is 4.37. The monoisotopic (exact) mass is 505 g/mol. The van der Waals surface area contributed by atoms with Gasteiger partial charge in [-0.15, -0.1) is 0 Å². The minimum atomic E-state index is -4.64. The van der Waals surface area contributed by atoms with E-state index in [0.717, 1.165) is 25.3 Å². The number of halogens is 3. The number of rotatable bonds is 6. The fraction of sp³-hybridized carbons (Fsp3) is 0.417. The van der Waals surface area contributed by atoms with E-state index in [1.165, 1.54) is 19.2 Å². The number of methoxy groups -OCH3 is 1. The summed E-state index contributed by atoms with van der Waals surface area (Å²) < 4.78 is 50.7. The highest BCUT2D eigenvalue weighted by Gasteiger charge is 2.33. The average molecular weight is 505 g/mol. The van der Waals surface area contributed by atoms with E-state index in [0.29, 0.717) is 18.7 Å². The van der Waals surface area contributed by atoms with Crippen molar-refractivity contribution in [3.8, 4) is 17.2 Å². The number of hydrogen-bond acceptors (Lipinski definition) is 7. The number of amides is 2. The number of likely N-dealkylation sites (tertiary alicyclic amines) is 1. The Hall–Kier alpha value is -3.67. The van der Waals surface area contributed by atoms with Gasteiger partial charge in [0.1, 0.15) is 17.0 Å². The molecule has 1 fully saturated rings. The summed E-state index contributed by atoms with van der Waals surface area (Å²) in [6.07, 6.45) is -1.72. The van der Waals surface area contributed by atoms with Gasteiger partial charge in [-0.05, 0) is 50.5 Å². The third kappa shape index (κ3) is 5.13. The maximum atomic E-state index is 13.2. The van der Waals surface area contributed by atoms with Crippen LogP contribution in [0, 0.1) is 0 Å². The topological polar surface area (TPSA) is 124 Å². The molecule has 3 aromatic rings. The van der Waals surface area contributed by atoms with Gasteiger partial charge in [-0.25, -0.2) is 9.97 Å². The van der Waals surface area contributed by atoms with Crippen LogP contribution < -0.4 is 15.8 Å². The van der Waals surface area contributed by atoms with E-state index in [1.54, 1.807) is 17.9 Å². The van der Waals surface area contributed by atoms with Gasteiger partial charge >= 0.3 is 6.18 Å². The molecule has 3 N–H and O–H groups in total. The predicted octanol–water partition coefficient (Wildman–Crippen LogP) is 3.68. The molecule has 4 rings (SSSR count). The Balaban J connectivity index is 1.67. The zero-order chi connectivity index (χ0) is 26.0. The minimum Gasteiger partial charge on any atom is -0.494 e. The first-order valence-electron chi connectivity index (χ1n) is 11.5. The Labute approximate surface area is 204 Å². The number of benzene rings is 1. The molecule has 192 valence electrons. The van der Waals surface area contributed by atoms with Crippen molar-refractivity contribution < 1.29 is 31.9 Å². The van der Waals surface area contributed by atoms with Crippen molar-refractivity contribution in [3.05, 3.63) is 41.4 Å². The zero-order valence-corrected chi connectivity index (χ0v) is 19.8. The third-order valence-corrected chi connectivity index (χ3v) is 5.95. The van der Waals surface area contributed by atoms with Crippen LogP contribution in [0.1, 0.15) is 54.2 Å². The number of carbonyl (C=O) groups excluding carboxylic acids is 2. The molecule has 1 aliphatic rings. The third-order valence-electron chi connectivity index (χ3n) is 5.95. The first-order valence-corrected chi connectivity index (χ1v) is 11.5. The Morgan fingerprint density at radius 1 is 1.17 bits per heavy atom. The van der Waals surface area contributed by atoms with Crippen LogP contribution >= 0.6 is 0 Å². The predicted molar refractivity (Wildman–Crippen MR) is 124 cm³/mol. The molecule has 1 saturated heterocycles. The van der Waals surface area contributed by atoms with Gasteiger partial charge in [0.15, 0.2) is 11.5 Å². The number of carbonyl (C=O) groups is 2. The van der Waals surface area contributed by atoms with E-state index in [9.17, 15) is 22.8 Å². The number of ether oxygens (including phenoxy) is 1. The molecule has 0 bridgehead atoms. The second kappa shape index (κ2) is 10.1. The van der Waals surface area contributed by atoms with E-state index in [1.807, 2.05) is 0 Å². The highest BCUT2D eigenvalue weighted by Crippen LogP contribution is 2.37. The van der Waals surface area contributed by atoms with Crippen molar-refractivity contribution in [2.75, 3.05) is 26.7 Å². The number of oxazole rings is 1. The zero-order valence-electron chi connectivity index (χ0n) is 19.8. The lowest BCUT2D eigenvalue weighted by atomic mass is 10.1. The summed E-state index contributed by atoms with van der Waals surface area (Å²) in [5, 5.41) is 2.85. The number of aromatic nitrogens is 2. The van der Waals surface area contributed by atoms with Crippen LogP contribution in [0.5, 0.6) is 5.75 Å². The van der Waals surface area contributed by atoms with Crippen molar-refractivity contribution in [1.29, 1.82) is 0 Å². The fourth-order valence-electron chi connectivity index (χ4n) is 4.11. The van der Waals surface area contributed by atoms with Crippen LogP contribution in [0.4, 0.5) is 13.2 Å². The molecule has 0 unspecified atom stereocenters. The summed E-state index contributed by atoms with van der Waals surface area (Å²) in [5.74, 6) is -0.645. The van der Waals surface area contributed by atoms with Crippen molar-refractivity contribution in [1.82, 2.24) is 20.2 Å². The number of nitrogens with zero attached hydrogens (tertiary/aromatic N) is 3. The SMILES string of the molecule is COc1ccc(-c2nc(C(=O)NCC(=O)N3CCCCC3)c([C@H](C)N)o2)c2ccc(C(F)(F)F)nc12. The van der Waals surface area contributed by atoms with E-state index in [-0.39, 0.29) is 46.4 Å². The molecule has 0 radical (unpaired) electrons. The fourth-order valence-corrected chi connectivity index (χ4v) is 4.11. The largest absolute Gasteiger partial charge is 0.494 e. The maximum absolute atomic E-state index is 13.2. The number of pyridine rings is 1. The highest BCUT2D eigenvalue weighted by molar-refractivity contribution is 5.99. The molecule has 1 aliphatic heterocycles. The summed E-state index contributed by atoms with van der Waals surface area (Å²) in [6.45, 7) is 2.71. The van der Waals surface area contributed by atoms with Gasteiger partial charge in [0.2, 0.25) is 11.8 Å². The Morgan fingerprint density at radius 3 is 2.53 bits per heavy atom. The maximum Gasteiger partial charge on any atom is 0.433 e. The van der Waals surface area contributed by atoms with Crippen LogP contribution in [0.15, 0.2) is 28.7 Å². The minimum absolute atomic E-state index is 0.0241. The van der Waals surface area contributed by atoms with Gasteiger partial charge in [-0.1, -0.05) is 0 Å². The molecule has 0 saturated carbocycles. The molecule has 1 aromatic carbocycles. The van der Waals surface area contributed by atoms with Gasteiger partial charge in [0, 0.05) is 24.0 Å². The van der Waals surface area contributed by atoms with E-state index < -0.39 is 23.8 Å². The molecule has 9 nitrogen and oxygen atoms in total. The normalized spacial score (nSPS) is 15.1. The van der Waals surface area contributed by atoms with Crippen LogP contribution in [-0.4, -0.2) is 53.4 Å². The molecule has 1 atom stereocenters. The molecule has 12 heteroatoms. The van der Waals surface area contributed by atoms with Crippen molar-refractivity contribution in [2.24, 2.45) is 5.73 Å². The number of fused-ring (bicyclic) bond motifs is 1. The summed E-state index contributed by atoms with van der Waals surface area (Å²) >= 11 is 0. The van der Waals surface area contributed by atoms with E-state index >= 15 is 0 Å². The van der Waals surface area contributed by atoms with Gasteiger partial charge in [-0.3, -0.25) is 9.59 Å². The first-order chi connectivity index (χ1) is 17.1. The average Bonchev–Trinajstić information content (AvgIpc) is 3.32. The smallest absolute Gasteiger partial charge is 0.433 e. The molecule has 3 heterocycles. The number of nitrogens with two attached hydrogens (primary N) is 1. The lowest BCUT2D eigenvalue weighted by Gasteiger charge is -2.26. The van der Waals surface area contributed by atoms with E-state index in [2.05, 4.69) is 15.3 Å². The van der Waals surface area contributed by atoms with Crippen LogP contribution in [0.25, 0.3) is 22.4 Å². The van der Waals surface area contributed by atoms with Crippen molar-refractivity contribution in [2.45, 2.75) is 38.4 Å². The van der Waals surface area contributed by atoms with Gasteiger partial charge in [-0.2, -0.15) is 13.2 Å². The Morgan fingerprint density at radius 2 is 1.89 bits per heavy atom. The second-order valence-corrected chi connectivity index (χ2v) is 8.55. The van der Waals surface area contributed by atoms with Crippen LogP contribution in [0.2, 0.25) is 0 Å². The number of nitrogens with one attached hydrogen (secondary N) is 1. The molecule has 2 aromatic heterocycles. The second-order valence-electron chi connectivity index (χ2n) is 8.55. The number of alkyl halides is 3. The Kier molecular flexibility index (Phi) is 7.16. The summed E-state index contributed by atoms with van der Waals surface area (Å²) in [7, 11) is 1.32. The summed E-state index contributed by atoms with van der Waals surface area (Å²) in [4.78, 5) is 35.1. The first kappa shape index (κ1) is 25.4. The Bertz CT molecular complexity index is 1280. The molecule has 2 amide bonds. The van der Waals surface area contributed by atoms with Crippen molar-refractivity contribution >= 4 is 22.7 Å². The van der Waals surface area contributed by atoms with Crippen molar-refractivity contribution in [3.63, 3.8) is 0 Å². The highest BCUT2D eigenvalue weighted by atomic mass is 19.4. The quantitative estimate of drug-likeness (QED) is 0.524. The van der Waals surface area contributed by atoms with E-state index in [4.69, 9.17) is 14.9 Å². The van der Waals surface area contributed by atoms with Crippen LogP contribution in [0.3, 0.4) is 0 Å². The molecular weight excluding hydrogens is 479 g/mol. The number of hydrogen-bond donors (Lipinski definition) is 2. The van der Waals surface area contributed by atoms with Gasteiger partial charge in [0.25, 0.3) is 5.91 Å². The molecular formula is C24H26F3N5O4. The standard InChI is InChI=1S/C24H26F3N5O4/c1-13(28)21-20(22(34)29-12-18(33)32-10-4-3-5-11-32)31-23(36-21)15-6-8-16(35-2)19-14(15)7-9-17(30-19)24(25,26)27/h6-9,13H,3-5,10-12,28H2,1-2H3,(H,29,34)/t13-/m0/s1. The molecule has 0 spiro atoms.